The van der Waals surface area contributed by atoms with Crippen LogP contribution in [0.1, 0.15) is 47.4 Å². The van der Waals surface area contributed by atoms with E-state index in [9.17, 15) is 9.59 Å². The van der Waals surface area contributed by atoms with Gasteiger partial charge in [0.25, 0.3) is 5.91 Å². The fraction of sp³-hybridized carbons (Fsp3) is 0.267. The molecule has 4 aromatic rings. The number of carbonyl (C=O) groups is 2. The molecule has 187 valence electrons. The molecule has 1 saturated carbocycles. The highest BCUT2D eigenvalue weighted by Gasteiger charge is 2.18. The summed E-state index contributed by atoms with van der Waals surface area (Å²) in [5, 5.41) is 8.20. The summed E-state index contributed by atoms with van der Waals surface area (Å²) in [6, 6.07) is 24.7. The number of likely N-dealkylation sites (N-methyl/N-ethyl adjacent to an activating group) is 1. The van der Waals surface area contributed by atoms with Crippen molar-refractivity contribution in [3.63, 3.8) is 0 Å². The minimum Gasteiger partial charge on any atom is -0.352 e. The Morgan fingerprint density at radius 3 is 2.54 bits per heavy atom. The lowest BCUT2D eigenvalue weighted by Crippen LogP contribution is -2.40. The van der Waals surface area contributed by atoms with Gasteiger partial charge >= 0.3 is 0 Å². The van der Waals surface area contributed by atoms with Gasteiger partial charge in [0.15, 0.2) is 0 Å². The van der Waals surface area contributed by atoms with Gasteiger partial charge < -0.3 is 15.5 Å². The number of rotatable bonds is 8. The summed E-state index contributed by atoms with van der Waals surface area (Å²) in [6.45, 7) is 0.231. The second-order valence-corrected chi connectivity index (χ2v) is 9.55. The molecule has 0 bridgehead atoms. The Balaban J connectivity index is 1.17. The Kier molecular flexibility index (Phi) is 7.40. The average Bonchev–Trinajstić information content (AvgIpc) is 3.42. The van der Waals surface area contributed by atoms with Crippen molar-refractivity contribution in [1.29, 1.82) is 0 Å². The van der Waals surface area contributed by atoms with Crippen LogP contribution in [0.15, 0.2) is 72.9 Å². The van der Waals surface area contributed by atoms with Crippen LogP contribution in [0.25, 0.3) is 10.8 Å². The standard InChI is InChI=1S/C30H30N5O2/c1-35(20-29(36)32-25-8-4-5-9-25)28-16-17-31-27(34-28)18-21-10-14-26(15-11-21)33-30(37)24-13-12-22-6-2-3-7-23(22)19-24/h2-3,6-7,10-15,17,19,25H,4-5,8-9,18,20H2,1H3,(H,32,36)(H,33,37). The van der Waals surface area contributed by atoms with Crippen molar-refractivity contribution in [3.05, 3.63) is 95.9 Å². The van der Waals surface area contributed by atoms with Crippen LogP contribution >= 0.6 is 0 Å². The van der Waals surface area contributed by atoms with E-state index >= 15 is 0 Å². The molecule has 7 nitrogen and oxygen atoms in total. The summed E-state index contributed by atoms with van der Waals surface area (Å²) in [5.74, 6) is 1.09. The zero-order valence-electron chi connectivity index (χ0n) is 20.9. The van der Waals surface area contributed by atoms with Gasteiger partial charge in [-0.2, -0.15) is 0 Å². The van der Waals surface area contributed by atoms with E-state index in [4.69, 9.17) is 0 Å². The number of anilines is 2. The van der Waals surface area contributed by atoms with E-state index in [0.29, 0.717) is 29.7 Å². The highest BCUT2D eigenvalue weighted by atomic mass is 16.2. The molecule has 0 atom stereocenters. The van der Waals surface area contributed by atoms with Crippen molar-refractivity contribution < 1.29 is 9.59 Å². The number of amides is 2. The first-order chi connectivity index (χ1) is 18.0. The zero-order valence-corrected chi connectivity index (χ0v) is 20.9. The van der Waals surface area contributed by atoms with Crippen LogP contribution in [-0.2, 0) is 11.2 Å². The van der Waals surface area contributed by atoms with Gasteiger partial charge in [-0.05, 0) is 53.4 Å². The number of carbonyl (C=O) groups excluding carboxylic acids is 2. The maximum atomic E-state index is 12.7. The Morgan fingerprint density at radius 1 is 1.00 bits per heavy atom. The van der Waals surface area contributed by atoms with E-state index in [1.54, 1.807) is 11.1 Å². The molecule has 5 rings (SSSR count). The van der Waals surface area contributed by atoms with Crippen molar-refractivity contribution >= 4 is 34.1 Å². The van der Waals surface area contributed by atoms with Gasteiger partial charge in [-0.3, -0.25) is 9.59 Å². The lowest BCUT2D eigenvalue weighted by molar-refractivity contribution is -0.120. The van der Waals surface area contributed by atoms with Crippen molar-refractivity contribution in [1.82, 2.24) is 15.3 Å². The van der Waals surface area contributed by atoms with E-state index in [-0.39, 0.29) is 18.4 Å². The van der Waals surface area contributed by atoms with Crippen LogP contribution in [0, 0.1) is 6.07 Å². The number of hydrogen-bond acceptors (Lipinski definition) is 5. The van der Waals surface area contributed by atoms with E-state index in [0.717, 1.165) is 34.9 Å². The average molecular weight is 493 g/mol. The molecule has 0 unspecified atom stereocenters. The van der Waals surface area contributed by atoms with Crippen LogP contribution in [0.3, 0.4) is 0 Å². The number of benzene rings is 3. The summed E-state index contributed by atoms with van der Waals surface area (Å²) in [5.41, 5.74) is 2.35. The van der Waals surface area contributed by atoms with E-state index < -0.39 is 0 Å². The second-order valence-electron chi connectivity index (χ2n) is 9.55. The SMILES string of the molecule is CN(CC(=O)NC1CCCC1)c1[c]cnc(Cc2ccc(NC(=O)c3ccc4ccccc4c3)cc2)n1. The van der Waals surface area contributed by atoms with Gasteiger partial charge in [-0.15, -0.1) is 0 Å². The summed E-state index contributed by atoms with van der Waals surface area (Å²) in [6.07, 6.45) is 6.61. The van der Waals surface area contributed by atoms with Crippen LogP contribution in [0.5, 0.6) is 0 Å². The van der Waals surface area contributed by atoms with Crippen LogP contribution in [0.4, 0.5) is 11.5 Å². The van der Waals surface area contributed by atoms with E-state index in [2.05, 4.69) is 26.7 Å². The first kappa shape index (κ1) is 24.4. The summed E-state index contributed by atoms with van der Waals surface area (Å²) >= 11 is 0. The van der Waals surface area contributed by atoms with Crippen molar-refractivity contribution in [2.75, 3.05) is 23.8 Å². The van der Waals surface area contributed by atoms with Gasteiger partial charge in [0.05, 0.1) is 6.54 Å². The van der Waals surface area contributed by atoms with Crippen molar-refractivity contribution in [2.45, 2.75) is 38.1 Å². The molecule has 1 heterocycles. The molecule has 1 aliphatic rings. The normalized spacial score (nSPS) is 13.4. The van der Waals surface area contributed by atoms with Crippen LogP contribution in [-0.4, -0.2) is 41.4 Å². The molecular formula is C30H30N5O2. The monoisotopic (exact) mass is 492 g/mol. The number of nitrogens with zero attached hydrogens (tertiary/aromatic N) is 3. The number of hydrogen-bond donors (Lipinski definition) is 2. The molecule has 7 heteroatoms. The molecule has 37 heavy (non-hydrogen) atoms. The number of aromatic nitrogens is 2. The molecule has 1 aromatic heterocycles. The first-order valence-corrected chi connectivity index (χ1v) is 12.7. The first-order valence-electron chi connectivity index (χ1n) is 12.7. The number of fused-ring (bicyclic) bond motifs is 1. The molecule has 1 aliphatic carbocycles. The molecule has 2 N–H and O–H groups in total. The molecule has 0 aliphatic heterocycles. The maximum Gasteiger partial charge on any atom is 0.255 e. The Labute approximate surface area is 216 Å². The Bertz CT molecular complexity index is 1400. The summed E-state index contributed by atoms with van der Waals surface area (Å²) in [4.78, 5) is 35.9. The fourth-order valence-electron chi connectivity index (χ4n) is 4.68. The third-order valence-corrected chi connectivity index (χ3v) is 6.69. The topological polar surface area (TPSA) is 87.2 Å². The predicted octanol–water partition coefficient (Wildman–Crippen LogP) is 4.77. The van der Waals surface area contributed by atoms with Gasteiger partial charge in [0.2, 0.25) is 5.91 Å². The molecule has 1 fully saturated rings. The number of nitrogens with one attached hydrogen (secondary N) is 2. The van der Waals surface area contributed by atoms with Gasteiger partial charge in [0, 0.05) is 43.0 Å². The zero-order chi connectivity index (χ0) is 25.6. The second kappa shape index (κ2) is 11.2. The maximum absolute atomic E-state index is 12.7. The highest BCUT2D eigenvalue weighted by Crippen LogP contribution is 2.19. The minimum absolute atomic E-state index is 0.00397. The largest absolute Gasteiger partial charge is 0.352 e. The lowest BCUT2D eigenvalue weighted by Gasteiger charge is -2.19. The molecule has 0 spiro atoms. The highest BCUT2D eigenvalue weighted by molar-refractivity contribution is 6.06. The molecular weight excluding hydrogens is 462 g/mol. The molecule has 2 amide bonds. The molecule has 1 radical (unpaired) electrons. The van der Waals surface area contributed by atoms with E-state index in [1.165, 1.54) is 12.8 Å². The summed E-state index contributed by atoms with van der Waals surface area (Å²) < 4.78 is 0. The van der Waals surface area contributed by atoms with Gasteiger partial charge in [-0.25, -0.2) is 9.97 Å². The minimum atomic E-state index is -0.148. The van der Waals surface area contributed by atoms with Crippen molar-refractivity contribution in [2.24, 2.45) is 0 Å². The summed E-state index contributed by atoms with van der Waals surface area (Å²) in [7, 11) is 1.84. The van der Waals surface area contributed by atoms with Crippen LogP contribution in [0.2, 0.25) is 0 Å². The predicted molar refractivity (Wildman–Crippen MR) is 146 cm³/mol. The smallest absolute Gasteiger partial charge is 0.255 e. The third-order valence-electron chi connectivity index (χ3n) is 6.69. The Morgan fingerprint density at radius 2 is 1.76 bits per heavy atom. The molecule has 0 saturated heterocycles. The fourth-order valence-corrected chi connectivity index (χ4v) is 4.68. The van der Waals surface area contributed by atoms with Gasteiger partial charge in [-0.1, -0.05) is 55.3 Å². The lowest BCUT2D eigenvalue weighted by atomic mass is 10.1. The quantitative estimate of drug-likeness (QED) is 0.370. The molecule has 3 aromatic carbocycles. The van der Waals surface area contributed by atoms with E-state index in [1.807, 2.05) is 73.8 Å². The van der Waals surface area contributed by atoms with Crippen LogP contribution < -0.4 is 15.5 Å². The van der Waals surface area contributed by atoms with Gasteiger partial charge in [0.1, 0.15) is 11.6 Å². The van der Waals surface area contributed by atoms with Crippen molar-refractivity contribution in [3.8, 4) is 0 Å². The Hall–Kier alpha value is -4.26. The third kappa shape index (κ3) is 6.30.